The summed E-state index contributed by atoms with van der Waals surface area (Å²) in [5.74, 6) is -0.246. The number of carbonyl (C=O) groups is 2. The van der Waals surface area contributed by atoms with E-state index >= 15 is 0 Å². The number of hydrogen-bond acceptors (Lipinski definition) is 9. The number of nitrogens with two attached hydrogens (primary N) is 1. The fourth-order valence-electron chi connectivity index (χ4n) is 2.09. The molecule has 0 aromatic carbocycles. The van der Waals surface area contributed by atoms with Crippen LogP contribution in [-0.4, -0.2) is 105 Å². The Kier molecular flexibility index (Phi) is 23.6. The van der Waals surface area contributed by atoms with E-state index in [1.54, 1.807) is 7.05 Å². The van der Waals surface area contributed by atoms with Crippen LogP contribution in [0, 0.1) is 5.92 Å². The first-order valence-electron chi connectivity index (χ1n) is 9.75. The van der Waals surface area contributed by atoms with Gasteiger partial charge in [-0.3, -0.25) is 9.59 Å². The van der Waals surface area contributed by atoms with Crippen molar-refractivity contribution in [2.75, 3.05) is 59.8 Å². The summed E-state index contributed by atoms with van der Waals surface area (Å²) in [5, 5.41) is 41.0. The summed E-state index contributed by atoms with van der Waals surface area (Å²) in [6.07, 6.45) is 2.60. The summed E-state index contributed by atoms with van der Waals surface area (Å²) in [6, 6.07) is 0. The van der Waals surface area contributed by atoms with Crippen molar-refractivity contribution in [2.24, 2.45) is 11.7 Å². The molecular formula is C18H39N3O8. The molecule has 11 nitrogen and oxygen atoms in total. The first-order valence-corrected chi connectivity index (χ1v) is 9.75. The van der Waals surface area contributed by atoms with E-state index in [9.17, 15) is 9.59 Å². The van der Waals surface area contributed by atoms with Crippen LogP contribution in [0.3, 0.4) is 0 Å². The zero-order chi connectivity index (χ0) is 22.3. The predicted octanol–water partition coefficient (Wildman–Crippen LogP) is -2.66. The highest BCUT2D eigenvalue weighted by Gasteiger charge is 2.15. The van der Waals surface area contributed by atoms with Gasteiger partial charge >= 0.3 is 0 Å². The fourth-order valence-corrected chi connectivity index (χ4v) is 2.09. The van der Waals surface area contributed by atoms with Crippen LogP contribution in [-0.2, 0) is 19.1 Å². The van der Waals surface area contributed by atoms with Gasteiger partial charge in [0, 0.05) is 25.4 Å². The van der Waals surface area contributed by atoms with Gasteiger partial charge in [-0.05, 0) is 19.9 Å². The highest BCUT2D eigenvalue weighted by molar-refractivity contribution is 5.73. The lowest BCUT2D eigenvalue weighted by molar-refractivity contribution is -0.118. The van der Waals surface area contributed by atoms with Crippen LogP contribution in [0.2, 0.25) is 0 Å². The molecule has 0 aliphatic heterocycles. The monoisotopic (exact) mass is 425 g/mol. The number of unbranched alkanes of at least 4 members (excludes halogenated alkanes) is 2. The van der Waals surface area contributed by atoms with Gasteiger partial charge in [-0.2, -0.15) is 0 Å². The number of aliphatic hydroxyl groups excluding tert-OH is 4. The van der Waals surface area contributed by atoms with E-state index in [4.69, 9.17) is 35.6 Å². The van der Waals surface area contributed by atoms with E-state index in [2.05, 4.69) is 10.6 Å². The second-order valence-corrected chi connectivity index (χ2v) is 6.41. The van der Waals surface area contributed by atoms with Crippen molar-refractivity contribution in [3.05, 3.63) is 0 Å². The van der Waals surface area contributed by atoms with Gasteiger partial charge in [0.25, 0.3) is 0 Å². The van der Waals surface area contributed by atoms with Gasteiger partial charge in [-0.1, -0.05) is 6.42 Å². The van der Waals surface area contributed by atoms with E-state index in [1.165, 1.54) is 0 Å². The maximum Gasteiger partial charge on any atom is 0.217 e. The Morgan fingerprint density at radius 1 is 0.966 bits per heavy atom. The Hall–Kier alpha value is -1.34. The molecule has 0 atom stereocenters. The molecule has 8 N–H and O–H groups in total. The van der Waals surface area contributed by atoms with Gasteiger partial charge in [0.1, 0.15) is 12.2 Å². The minimum Gasteiger partial charge on any atom is -0.394 e. The zero-order valence-electron chi connectivity index (χ0n) is 17.3. The number of primary amides is 1. The molecule has 0 rings (SSSR count). The van der Waals surface area contributed by atoms with Crippen LogP contribution >= 0.6 is 0 Å². The van der Waals surface area contributed by atoms with E-state index in [1.807, 2.05) is 0 Å². The maximum absolute atomic E-state index is 10.2. The summed E-state index contributed by atoms with van der Waals surface area (Å²) in [7, 11) is 1.79. The number of ether oxygens (including phenoxy) is 2. The van der Waals surface area contributed by atoms with Crippen molar-refractivity contribution >= 4 is 12.3 Å². The van der Waals surface area contributed by atoms with E-state index in [0.29, 0.717) is 39.1 Å². The second-order valence-electron chi connectivity index (χ2n) is 6.41. The Bertz CT molecular complexity index is 353. The van der Waals surface area contributed by atoms with Crippen LogP contribution in [0.25, 0.3) is 0 Å². The molecule has 2 amide bonds. The molecule has 0 aromatic heterocycles. The minimum atomic E-state index is -0.587. The van der Waals surface area contributed by atoms with Crippen LogP contribution in [0.15, 0.2) is 0 Å². The summed E-state index contributed by atoms with van der Waals surface area (Å²) < 4.78 is 10.6. The van der Waals surface area contributed by atoms with Crippen molar-refractivity contribution in [2.45, 2.75) is 37.9 Å². The highest BCUT2D eigenvalue weighted by Crippen LogP contribution is 2.03. The van der Waals surface area contributed by atoms with Gasteiger partial charge in [-0.25, -0.2) is 0 Å². The molecule has 0 fully saturated rings. The highest BCUT2D eigenvalue weighted by atomic mass is 16.5. The molecule has 0 aliphatic rings. The first-order chi connectivity index (χ1) is 14.0. The molecule has 0 bridgehead atoms. The lowest BCUT2D eigenvalue weighted by Gasteiger charge is -2.22. The quantitative estimate of drug-likeness (QED) is 0.0857. The molecular weight excluding hydrogens is 386 g/mol. The number of aliphatic hydroxyl groups is 4. The third-order valence-corrected chi connectivity index (χ3v) is 3.77. The lowest BCUT2D eigenvalue weighted by Crippen LogP contribution is -2.34. The number of carbonyl (C=O) groups excluding carboxylic acids is 2. The second kappa shape index (κ2) is 22.9. The van der Waals surface area contributed by atoms with Crippen LogP contribution in [0.1, 0.15) is 25.7 Å². The van der Waals surface area contributed by atoms with E-state index < -0.39 is 12.2 Å². The number of nitrogens with one attached hydrogen (secondary N) is 2. The molecule has 0 saturated carbocycles. The normalized spacial score (nSPS) is 10.9. The molecule has 0 heterocycles. The molecule has 0 aliphatic carbocycles. The third-order valence-electron chi connectivity index (χ3n) is 3.77. The topological polar surface area (TPSA) is 184 Å². The van der Waals surface area contributed by atoms with Crippen LogP contribution in [0.4, 0.5) is 0 Å². The molecule has 0 aromatic rings. The van der Waals surface area contributed by atoms with Crippen molar-refractivity contribution in [3.63, 3.8) is 0 Å². The average Bonchev–Trinajstić information content (AvgIpc) is 2.72. The smallest absolute Gasteiger partial charge is 0.217 e. The third kappa shape index (κ3) is 21.2. The van der Waals surface area contributed by atoms with Crippen molar-refractivity contribution in [1.29, 1.82) is 0 Å². The number of rotatable bonds is 19. The van der Waals surface area contributed by atoms with Gasteiger partial charge in [0.15, 0.2) is 0 Å². The van der Waals surface area contributed by atoms with Crippen molar-refractivity contribution in [1.82, 2.24) is 10.6 Å². The molecule has 0 radical (unpaired) electrons. The Morgan fingerprint density at radius 2 is 1.48 bits per heavy atom. The molecule has 29 heavy (non-hydrogen) atoms. The summed E-state index contributed by atoms with van der Waals surface area (Å²) in [4.78, 5) is 20.0. The van der Waals surface area contributed by atoms with Gasteiger partial charge < -0.3 is 46.3 Å². The molecule has 0 spiro atoms. The Labute approximate surface area is 172 Å². The van der Waals surface area contributed by atoms with E-state index in [-0.39, 0.29) is 38.3 Å². The molecule has 174 valence electrons. The van der Waals surface area contributed by atoms with Gasteiger partial charge in [0.05, 0.1) is 39.6 Å². The largest absolute Gasteiger partial charge is 0.394 e. The number of hydrogen-bond donors (Lipinski definition) is 7. The van der Waals surface area contributed by atoms with Crippen molar-refractivity contribution in [3.8, 4) is 0 Å². The minimum absolute atomic E-state index is 0.0104. The van der Waals surface area contributed by atoms with Crippen molar-refractivity contribution < 1.29 is 39.5 Å². The Balaban J connectivity index is 0. The number of amides is 2. The van der Waals surface area contributed by atoms with Crippen LogP contribution in [0.5, 0.6) is 0 Å². The Morgan fingerprint density at radius 3 is 1.86 bits per heavy atom. The zero-order valence-corrected chi connectivity index (χ0v) is 17.3. The SMILES string of the molecule is CNCC(COC(CO)CO)COC(CO)CO.NC(=O)CCCCCNC=O. The molecule has 0 saturated heterocycles. The standard InChI is InChI=1S/C11H25NO6.C7H14N2O2/c1-12-2-9(7-17-10(3-13)4-14)8-18-11(5-15)6-16;8-7(11)4-2-1-3-5-9-6-10/h9-16H,2-8H2,1H3;6H,1-5H2,(H2,8,11)(H,9,10). The molecule has 0 unspecified atom stereocenters. The van der Waals surface area contributed by atoms with Gasteiger partial charge in [-0.15, -0.1) is 0 Å². The predicted molar refractivity (Wildman–Crippen MR) is 107 cm³/mol. The molecule has 11 heteroatoms. The summed E-state index contributed by atoms with van der Waals surface area (Å²) in [6.45, 7) is 1.000. The lowest BCUT2D eigenvalue weighted by atomic mass is 10.1. The average molecular weight is 426 g/mol. The first kappa shape index (κ1) is 29.9. The summed E-state index contributed by atoms with van der Waals surface area (Å²) in [5.41, 5.74) is 4.92. The van der Waals surface area contributed by atoms with Gasteiger partial charge in [0.2, 0.25) is 12.3 Å². The van der Waals surface area contributed by atoms with E-state index in [0.717, 1.165) is 19.3 Å². The fraction of sp³-hybridized carbons (Fsp3) is 0.889. The van der Waals surface area contributed by atoms with Crippen LogP contribution < -0.4 is 16.4 Å². The summed E-state index contributed by atoms with van der Waals surface area (Å²) >= 11 is 0. The maximum atomic E-state index is 10.2.